The predicted molar refractivity (Wildman–Crippen MR) is 108 cm³/mol. The van der Waals surface area contributed by atoms with Gasteiger partial charge in [-0.2, -0.15) is 0 Å². The number of aryl methyl sites for hydroxylation is 1. The van der Waals surface area contributed by atoms with Crippen molar-refractivity contribution in [3.05, 3.63) is 89.4 Å². The fraction of sp³-hybridized carbons (Fsp3) is 0.273. The van der Waals surface area contributed by atoms with Crippen molar-refractivity contribution >= 4 is 10.0 Å². The number of sulfonamides is 1. The Kier molecular flexibility index (Phi) is 5.35. The first-order valence-electron chi connectivity index (χ1n) is 9.43. The molecule has 4 rings (SSSR count). The molecule has 6 heteroatoms. The van der Waals surface area contributed by atoms with Gasteiger partial charge < -0.3 is 4.42 Å². The molecule has 0 bridgehead atoms. The zero-order valence-corrected chi connectivity index (χ0v) is 16.7. The van der Waals surface area contributed by atoms with Gasteiger partial charge in [0.15, 0.2) is 0 Å². The minimum Gasteiger partial charge on any atom is -0.468 e. The molecule has 1 aromatic heterocycles. The first kappa shape index (κ1) is 18.9. The lowest BCUT2D eigenvalue weighted by Gasteiger charge is -2.34. The molecule has 0 saturated heterocycles. The minimum atomic E-state index is -3.58. The second kappa shape index (κ2) is 7.91. The number of benzene rings is 2. The van der Waals surface area contributed by atoms with E-state index >= 15 is 0 Å². The third kappa shape index (κ3) is 4.04. The van der Waals surface area contributed by atoms with Gasteiger partial charge in [-0.25, -0.2) is 13.1 Å². The van der Waals surface area contributed by atoms with Crippen molar-refractivity contribution in [1.82, 2.24) is 9.62 Å². The van der Waals surface area contributed by atoms with E-state index in [9.17, 15) is 8.42 Å². The minimum absolute atomic E-state index is 0.163. The fourth-order valence-corrected chi connectivity index (χ4v) is 4.70. The molecule has 28 heavy (non-hydrogen) atoms. The third-order valence-corrected chi connectivity index (χ3v) is 6.71. The van der Waals surface area contributed by atoms with Crippen LogP contribution in [-0.4, -0.2) is 26.4 Å². The van der Waals surface area contributed by atoms with Gasteiger partial charge in [0, 0.05) is 19.6 Å². The average molecular weight is 397 g/mol. The monoisotopic (exact) mass is 396 g/mol. The van der Waals surface area contributed by atoms with E-state index in [0.29, 0.717) is 0 Å². The number of furan rings is 1. The standard InChI is InChI=1S/C22H24N2O3S/c1-17-8-10-20(11-9-17)28(25,26)23-15-21(22-7-4-14-27-22)24-13-12-18-5-2-3-6-19(18)16-24/h2-11,14,21,23H,12-13,15-16H2,1H3/t21-/m0/s1. The van der Waals surface area contributed by atoms with Crippen LogP contribution in [0, 0.1) is 6.92 Å². The van der Waals surface area contributed by atoms with Crippen LogP contribution in [0.1, 0.15) is 28.5 Å². The van der Waals surface area contributed by atoms with E-state index in [1.165, 1.54) is 11.1 Å². The molecule has 0 spiro atoms. The third-order valence-electron chi connectivity index (χ3n) is 5.27. The summed E-state index contributed by atoms with van der Waals surface area (Å²) in [4.78, 5) is 2.55. The zero-order chi connectivity index (χ0) is 19.6. The SMILES string of the molecule is Cc1ccc(S(=O)(=O)NC[C@@H](c2ccco2)N2CCc3ccccc3C2)cc1. The van der Waals surface area contributed by atoms with E-state index in [1.807, 2.05) is 25.1 Å². The Morgan fingerprint density at radius 1 is 1.04 bits per heavy atom. The summed E-state index contributed by atoms with van der Waals surface area (Å²) in [5.41, 5.74) is 3.67. The summed E-state index contributed by atoms with van der Waals surface area (Å²) < 4.78 is 33.9. The Labute approximate surface area is 166 Å². The van der Waals surface area contributed by atoms with E-state index < -0.39 is 10.0 Å². The van der Waals surface area contributed by atoms with Gasteiger partial charge in [-0.15, -0.1) is 0 Å². The maximum atomic E-state index is 12.7. The van der Waals surface area contributed by atoms with Crippen molar-refractivity contribution in [2.24, 2.45) is 0 Å². The highest BCUT2D eigenvalue weighted by Crippen LogP contribution is 2.28. The van der Waals surface area contributed by atoms with Crippen LogP contribution in [0.2, 0.25) is 0 Å². The number of nitrogens with zero attached hydrogens (tertiary/aromatic N) is 1. The van der Waals surface area contributed by atoms with Crippen LogP contribution in [0.4, 0.5) is 0 Å². The molecular weight excluding hydrogens is 372 g/mol. The second-order valence-corrected chi connectivity index (χ2v) is 8.95. The van der Waals surface area contributed by atoms with Crippen LogP contribution in [-0.2, 0) is 23.0 Å². The maximum Gasteiger partial charge on any atom is 0.240 e. The molecular formula is C22H24N2O3S. The Hall–Kier alpha value is -2.41. The zero-order valence-electron chi connectivity index (χ0n) is 15.8. The van der Waals surface area contributed by atoms with Crippen molar-refractivity contribution in [2.45, 2.75) is 30.8 Å². The molecule has 146 valence electrons. The van der Waals surface area contributed by atoms with Gasteiger partial charge in [0.25, 0.3) is 0 Å². The first-order valence-corrected chi connectivity index (χ1v) is 10.9. The van der Waals surface area contributed by atoms with Gasteiger partial charge >= 0.3 is 0 Å². The molecule has 2 heterocycles. The van der Waals surface area contributed by atoms with Crippen LogP contribution >= 0.6 is 0 Å². The molecule has 0 amide bonds. The normalized spacial score (nSPS) is 15.9. The van der Waals surface area contributed by atoms with Crippen molar-refractivity contribution in [2.75, 3.05) is 13.1 Å². The molecule has 0 saturated carbocycles. The van der Waals surface area contributed by atoms with Gasteiger partial charge in [-0.1, -0.05) is 42.0 Å². The smallest absolute Gasteiger partial charge is 0.240 e. The van der Waals surface area contributed by atoms with Crippen LogP contribution in [0.5, 0.6) is 0 Å². The predicted octanol–water partition coefficient (Wildman–Crippen LogP) is 3.67. The lowest BCUT2D eigenvalue weighted by molar-refractivity contribution is 0.160. The van der Waals surface area contributed by atoms with Crippen LogP contribution < -0.4 is 4.72 Å². The second-order valence-electron chi connectivity index (χ2n) is 7.19. The summed E-state index contributed by atoms with van der Waals surface area (Å²) in [5.74, 6) is 0.769. The summed E-state index contributed by atoms with van der Waals surface area (Å²) in [5, 5.41) is 0. The molecule has 1 aliphatic heterocycles. The molecule has 0 fully saturated rings. The number of hydrogen-bond donors (Lipinski definition) is 1. The van der Waals surface area contributed by atoms with Crippen LogP contribution in [0.15, 0.2) is 76.2 Å². The molecule has 5 nitrogen and oxygen atoms in total. The van der Waals surface area contributed by atoms with Crippen molar-refractivity contribution in [3.63, 3.8) is 0 Å². The summed E-state index contributed by atoms with van der Waals surface area (Å²) >= 11 is 0. The van der Waals surface area contributed by atoms with Gasteiger partial charge in [0.05, 0.1) is 17.2 Å². The number of rotatable bonds is 6. The Morgan fingerprint density at radius 3 is 2.50 bits per heavy atom. The van der Waals surface area contributed by atoms with E-state index in [-0.39, 0.29) is 17.5 Å². The molecule has 1 N–H and O–H groups in total. The summed E-state index contributed by atoms with van der Waals surface area (Å²) in [7, 11) is -3.58. The van der Waals surface area contributed by atoms with Gasteiger partial charge in [0.1, 0.15) is 5.76 Å². The summed E-state index contributed by atoms with van der Waals surface area (Å²) in [6.45, 7) is 3.82. The number of nitrogens with one attached hydrogen (secondary N) is 1. The van der Waals surface area contributed by atoms with Gasteiger partial charge in [-0.05, 0) is 48.7 Å². The van der Waals surface area contributed by atoms with Gasteiger partial charge in [0.2, 0.25) is 10.0 Å². The Bertz CT molecular complexity index is 1030. The van der Waals surface area contributed by atoms with E-state index in [4.69, 9.17) is 4.42 Å². The van der Waals surface area contributed by atoms with Crippen molar-refractivity contribution in [3.8, 4) is 0 Å². The number of fused-ring (bicyclic) bond motifs is 1. The first-order chi connectivity index (χ1) is 13.5. The Balaban J connectivity index is 1.54. The van der Waals surface area contributed by atoms with E-state index in [1.54, 1.807) is 30.5 Å². The molecule has 0 unspecified atom stereocenters. The molecule has 0 radical (unpaired) electrons. The molecule has 3 aromatic rings. The van der Waals surface area contributed by atoms with Crippen LogP contribution in [0.25, 0.3) is 0 Å². The van der Waals surface area contributed by atoms with E-state index in [2.05, 4.69) is 27.8 Å². The summed E-state index contributed by atoms with van der Waals surface area (Å²) in [6.07, 6.45) is 2.58. The topological polar surface area (TPSA) is 62.6 Å². The van der Waals surface area contributed by atoms with Gasteiger partial charge in [-0.3, -0.25) is 4.90 Å². The lowest BCUT2D eigenvalue weighted by Crippen LogP contribution is -2.40. The molecule has 1 atom stereocenters. The fourth-order valence-electron chi connectivity index (χ4n) is 3.66. The highest BCUT2D eigenvalue weighted by atomic mass is 32.2. The molecule has 0 aliphatic carbocycles. The summed E-state index contributed by atoms with van der Waals surface area (Å²) in [6, 6.07) is 18.9. The largest absolute Gasteiger partial charge is 0.468 e. The molecule has 2 aromatic carbocycles. The Morgan fingerprint density at radius 2 is 1.79 bits per heavy atom. The lowest BCUT2D eigenvalue weighted by atomic mass is 9.98. The maximum absolute atomic E-state index is 12.7. The van der Waals surface area contributed by atoms with E-state index in [0.717, 1.165) is 30.8 Å². The number of hydrogen-bond acceptors (Lipinski definition) is 4. The van der Waals surface area contributed by atoms with Crippen molar-refractivity contribution < 1.29 is 12.8 Å². The highest BCUT2D eigenvalue weighted by molar-refractivity contribution is 7.89. The quantitative estimate of drug-likeness (QED) is 0.691. The highest BCUT2D eigenvalue weighted by Gasteiger charge is 2.28. The van der Waals surface area contributed by atoms with Crippen molar-refractivity contribution in [1.29, 1.82) is 0 Å². The van der Waals surface area contributed by atoms with Crippen LogP contribution in [0.3, 0.4) is 0 Å². The average Bonchev–Trinajstić information content (AvgIpc) is 3.23. The molecule has 1 aliphatic rings.